The molecule has 0 fully saturated rings. The first kappa shape index (κ1) is 14.8. The third-order valence-electron chi connectivity index (χ3n) is 2.79. The minimum atomic E-state index is -0.330. The Kier molecular flexibility index (Phi) is 3.99. The molecule has 106 valence electrons. The molecular formula is C15H17BrN2O2. The second-order valence-corrected chi connectivity index (χ2v) is 6.78. The van der Waals surface area contributed by atoms with Gasteiger partial charge < -0.3 is 10.1 Å². The van der Waals surface area contributed by atoms with Crippen molar-refractivity contribution in [1.82, 2.24) is 9.97 Å². The Balaban J connectivity index is 2.53. The molecular weight excluding hydrogens is 320 g/mol. The lowest BCUT2D eigenvalue weighted by Gasteiger charge is -2.17. The van der Waals surface area contributed by atoms with Crippen LogP contribution in [0.4, 0.5) is 0 Å². The van der Waals surface area contributed by atoms with Crippen molar-refractivity contribution < 1.29 is 5.11 Å². The minimum absolute atomic E-state index is 0.0166. The van der Waals surface area contributed by atoms with Crippen molar-refractivity contribution >= 4 is 15.9 Å². The van der Waals surface area contributed by atoms with Gasteiger partial charge in [-0.05, 0) is 11.5 Å². The molecule has 0 unspecified atom stereocenters. The number of benzene rings is 1. The molecule has 20 heavy (non-hydrogen) atoms. The van der Waals surface area contributed by atoms with E-state index < -0.39 is 0 Å². The second-order valence-electron chi connectivity index (χ2n) is 5.93. The predicted octanol–water partition coefficient (Wildman–Crippen LogP) is 3.49. The average molecular weight is 337 g/mol. The molecule has 2 N–H and O–H groups in total. The van der Waals surface area contributed by atoms with Crippen LogP contribution in [-0.2, 0) is 6.42 Å². The summed E-state index contributed by atoms with van der Waals surface area (Å²) in [7, 11) is 0. The van der Waals surface area contributed by atoms with Crippen LogP contribution in [0, 0.1) is 5.41 Å². The van der Waals surface area contributed by atoms with Crippen LogP contribution in [0.25, 0.3) is 11.1 Å². The normalized spacial score (nSPS) is 11.6. The molecule has 2 aromatic rings. The van der Waals surface area contributed by atoms with E-state index >= 15 is 0 Å². The van der Waals surface area contributed by atoms with Gasteiger partial charge in [0.2, 0.25) is 5.88 Å². The molecule has 0 bridgehead atoms. The molecule has 0 atom stereocenters. The molecule has 1 aromatic carbocycles. The largest absolute Gasteiger partial charge is 0.493 e. The highest BCUT2D eigenvalue weighted by Gasteiger charge is 2.18. The number of aromatic nitrogens is 2. The van der Waals surface area contributed by atoms with Gasteiger partial charge in [0.1, 0.15) is 11.4 Å². The summed E-state index contributed by atoms with van der Waals surface area (Å²) in [6.07, 6.45) is 0.589. The maximum atomic E-state index is 12.2. The summed E-state index contributed by atoms with van der Waals surface area (Å²) in [5.41, 5.74) is 0.469. The summed E-state index contributed by atoms with van der Waals surface area (Å²) in [5, 5.41) is 10.1. The topological polar surface area (TPSA) is 66.0 Å². The Morgan fingerprint density at radius 3 is 2.50 bits per heavy atom. The van der Waals surface area contributed by atoms with Crippen LogP contribution >= 0.6 is 15.9 Å². The fourth-order valence-corrected chi connectivity index (χ4v) is 2.48. The van der Waals surface area contributed by atoms with Crippen LogP contribution in [0.5, 0.6) is 5.88 Å². The van der Waals surface area contributed by atoms with Crippen molar-refractivity contribution in [2.24, 2.45) is 5.41 Å². The van der Waals surface area contributed by atoms with E-state index in [4.69, 9.17) is 0 Å². The van der Waals surface area contributed by atoms with Gasteiger partial charge in [-0.3, -0.25) is 4.79 Å². The summed E-state index contributed by atoms with van der Waals surface area (Å²) in [4.78, 5) is 19.1. The molecule has 0 aliphatic heterocycles. The van der Waals surface area contributed by atoms with E-state index in [1.165, 1.54) is 0 Å². The van der Waals surface area contributed by atoms with Crippen LogP contribution in [0.2, 0.25) is 0 Å². The van der Waals surface area contributed by atoms with Gasteiger partial charge in [-0.25, -0.2) is 0 Å². The summed E-state index contributed by atoms with van der Waals surface area (Å²) in [6, 6.07) is 7.24. The maximum Gasteiger partial charge on any atom is 0.262 e. The van der Waals surface area contributed by atoms with E-state index in [1.807, 2.05) is 39.0 Å². The lowest BCUT2D eigenvalue weighted by atomic mass is 9.92. The van der Waals surface area contributed by atoms with Crippen LogP contribution < -0.4 is 5.56 Å². The van der Waals surface area contributed by atoms with E-state index in [0.717, 1.165) is 4.47 Å². The summed E-state index contributed by atoms with van der Waals surface area (Å²) < 4.78 is 0.742. The van der Waals surface area contributed by atoms with Gasteiger partial charge in [0.15, 0.2) is 0 Å². The van der Waals surface area contributed by atoms with Crippen molar-refractivity contribution in [3.8, 4) is 17.0 Å². The van der Waals surface area contributed by atoms with E-state index in [9.17, 15) is 9.90 Å². The third kappa shape index (κ3) is 3.28. The number of halogens is 1. The van der Waals surface area contributed by atoms with Gasteiger partial charge in [0.25, 0.3) is 5.56 Å². The molecule has 0 saturated heterocycles. The molecule has 1 aromatic heterocycles. The van der Waals surface area contributed by atoms with Crippen LogP contribution in [0.15, 0.2) is 33.5 Å². The number of aromatic amines is 1. The Morgan fingerprint density at radius 1 is 1.30 bits per heavy atom. The molecule has 2 rings (SSSR count). The summed E-state index contributed by atoms with van der Waals surface area (Å²) >= 11 is 3.38. The Bertz CT molecular complexity index is 687. The summed E-state index contributed by atoms with van der Waals surface area (Å²) in [5.74, 6) is 0.260. The zero-order valence-corrected chi connectivity index (χ0v) is 13.3. The van der Waals surface area contributed by atoms with Crippen LogP contribution in [-0.4, -0.2) is 15.1 Å². The Labute approximate surface area is 126 Å². The fourth-order valence-electron chi connectivity index (χ4n) is 2.00. The fraction of sp³-hybridized carbons (Fsp3) is 0.333. The van der Waals surface area contributed by atoms with Crippen molar-refractivity contribution in [2.75, 3.05) is 0 Å². The lowest BCUT2D eigenvalue weighted by Crippen LogP contribution is -2.19. The second kappa shape index (κ2) is 5.40. The van der Waals surface area contributed by atoms with Gasteiger partial charge in [-0.2, -0.15) is 4.98 Å². The van der Waals surface area contributed by atoms with Gasteiger partial charge >= 0.3 is 0 Å². The quantitative estimate of drug-likeness (QED) is 0.882. The van der Waals surface area contributed by atoms with E-state index in [0.29, 0.717) is 17.8 Å². The van der Waals surface area contributed by atoms with E-state index in [-0.39, 0.29) is 22.4 Å². The number of H-pyrrole nitrogens is 1. The number of nitrogens with zero attached hydrogens (tertiary/aromatic N) is 1. The molecule has 0 amide bonds. The standard InChI is InChI=1S/C15H17BrN2O2/c1-15(2,3)8-11-17-13(19)12(14(20)18-11)9-6-4-5-7-10(9)16/h4-7H,8H2,1-3H3,(H2,17,18,19,20). The highest BCUT2D eigenvalue weighted by Crippen LogP contribution is 2.30. The first-order valence-electron chi connectivity index (χ1n) is 6.35. The van der Waals surface area contributed by atoms with Crippen molar-refractivity contribution in [3.63, 3.8) is 0 Å². The van der Waals surface area contributed by atoms with Crippen molar-refractivity contribution in [1.29, 1.82) is 0 Å². The molecule has 1 heterocycles. The third-order valence-corrected chi connectivity index (χ3v) is 3.48. The molecule has 0 aliphatic carbocycles. The van der Waals surface area contributed by atoms with Crippen molar-refractivity contribution in [3.05, 3.63) is 44.9 Å². The molecule has 0 aliphatic rings. The van der Waals surface area contributed by atoms with Gasteiger partial charge in [0.05, 0.1) is 0 Å². The van der Waals surface area contributed by atoms with Gasteiger partial charge in [0, 0.05) is 16.5 Å². The smallest absolute Gasteiger partial charge is 0.262 e. The Morgan fingerprint density at radius 2 is 1.95 bits per heavy atom. The Hall–Kier alpha value is -1.62. The van der Waals surface area contributed by atoms with Gasteiger partial charge in [-0.15, -0.1) is 0 Å². The first-order chi connectivity index (χ1) is 9.28. The highest BCUT2D eigenvalue weighted by atomic mass is 79.9. The van der Waals surface area contributed by atoms with Crippen molar-refractivity contribution in [2.45, 2.75) is 27.2 Å². The molecule has 5 heteroatoms. The number of hydrogen-bond donors (Lipinski definition) is 2. The van der Waals surface area contributed by atoms with Crippen LogP contribution in [0.1, 0.15) is 26.6 Å². The zero-order valence-electron chi connectivity index (χ0n) is 11.7. The number of rotatable bonds is 2. The highest BCUT2D eigenvalue weighted by molar-refractivity contribution is 9.10. The van der Waals surface area contributed by atoms with Gasteiger partial charge in [-0.1, -0.05) is 54.9 Å². The first-order valence-corrected chi connectivity index (χ1v) is 7.14. The molecule has 0 radical (unpaired) electrons. The lowest BCUT2D eigenvalue weighted by molar-refractivity contribution is 0.392. The average Bonchev–Trinajstić information content (AvgIpc) is 2.28. The van der Waals surface area contributed by atoms with Crippen LogP contribution in [0.3, 0.4) is 0 Å². The number of aromatic hydroxyl groups is 1. The molecule has 4 nitrogen and oxygen atoms in total. The molecule has 0 spiro atoms. The SMILES string of the molecule is CC(C)(C)Cc1nc(O)c(-c2ccccc2Br)c(=O)[nH]1. The number of hydrogen-bond acceptors (Lipinski definition) is 3. The minimum Gasteiger partial charge on any atom is -0.493 e. The maximum absolute atomic E-state index is 12.2. The number of nitrogens with one attached hydrogen (secondary N) is 1. The monoisotopic (exact) mass is 336 g/mol. The zero-order chi connectivity index (χ0) is 14.9. The van der Waals surface area contributed by atoms with E-state index in [1.54, 1.807) is 6.07 Å². The molecule has 0 saturated carbocycles. The predicted molar refractivity (Wildman–Crippen MR) is 82.8 cm³/mol. The summed E-state index contributed by atoms with van der Waals surface area (Å²) in [6.45, 7) is 6.14. The van der Waals surface area contributed by atoms with E-state index in [2.05, 4.69) is 25.9 Å².